The number of carbonyl (C=O) groups is 1. The highest BCUT2D eigenvalue weighted by Gasteiger charge is 2.25. The molecule has 3 heterocycles. The van der Waals surface area contributed by atoms with Crippen LogP contribution in [0.25, 0.3) is 0 Å². The minimum absolute atomic E-state index is 0.111. The molecule has 4 rings (SSSR count). The number of aryl methyl sites for hydroxylation is 1. The van der Waals surface area contributed by atoms with Crippen LogP contribution in [0.4, 0.5) is 5.82 Å². The molecule has 0 bridgehead atoms. The molecule has 1 amide bonds. The molecule has 0 radical (unpaired) electrons. The number of piperidine rings is 1. The van der Waals surface area contributed by atoms with Crippen LogP contribution in [0.3, 0.4) is 0 Å². The number of rotatable bonds is 3. The summed E-state index contributed by atoms with van der Waals surface area (Å²) in [5, 5.41) is 2.99. The minimum atomic E-state index is -0.367. The zero-order valence-electron chi connectivity index (χ0n) is 14.0. The van der Waals surface area contributed by atoms with E-state index in [1.165, 1.54) is 30.3 Å². The van der Waals surface area contributed by atoms with Crippen molar-refractivity contribution < 1.29 is 4.79 Å². The first-order chi connectivity index (χ1) is 12.2. The average molecular weight is 342 g/mol. The Bertz CT molecular complexity index is 819. The van der Waals surface area contributed by atoms with Crippen molar-refractivity contribution in [2.45, 2.75) is 44.6 Å². The molecule has 3 N–H and O–H groups in total. The van der Waals surface area contributed by atoms with E-state index in [0.717, 1.165) is 44.6 Å². The Morgan fingerprint density at radius 2 is 2.00 bits per heavy atom. The van der Waals surface area contributed by atoms with Gasteiger partial charge in [0.05, 0.1) is 0 Å². The lowest BCUT2D eigenvalue weighted by molar-refractivity contribution is 0.0926. The van der Waals surface area contributed by atoms with Gasteiger partial charge >= 0.3 is 5.69 Å². The van der Waals surface area contributed by atoms with E-state index < -0.39 is 0 Å². The Labute approximate surface area is 145 Å². The lowest BCUT2D eigenvalue weighted by atomic mass is 9.95. The van der Waals surface area contributed by atoms with Crippen LogP contribution in [0.2, 0.25) is 0 Å². The van der Waals surface area contributed by atoms with Crippen LogP contribution in [-0.2, 0) is 12.8 Å². The Kier molecular flexibility index (Phi) is 4.25. The highest BCUT2D eigenvalue weighted by Crippen LogP contribution is 2.28. The molecule has 25 heavy (non-hydrogen) atoms. The van der Waals surface area contributed by atoms with Gasteiger partial charge < -0.3 is 20.2 Å². The van der Waals surface area contributed by atoms with Crippen LogP contribution in [0.5, 0.6) is 0 Å². The molecule has 1 saturated heterocycles. The zero-order chi connectivity index (χ0) is 17.2. The predicted molar refractivity (Wildman–Crippen MR) is 92.8 cm³/mol. The van der Waals surface area contributed by atoms with Gasteiger partial charge in [0.1, 0.15) is 17.8 Å². The first kappa shape index (κ1) is 15.9. The maximum absolute atomic E-state index is 12.1. The fraction of sp³-hybridized carbons (Fsp3) is 0.529. The van der Waals surface area contributed by atoms with Crippen molar-refractivity contribution in [3.05, 3.63) is 40.0 Å². The largest absolute Gasteiger partial charge is 0.356 e. The number of amides is 1. The van der Waals surface area contributed by atoms with Gasteiger partial charge in [-0.3, -0.25) is 4.79 Å². The van der Waals surface area contributed by atoms with Gasteiger partial charge in [-0.1, -0.05) is 0 Å². The molecule has 132 valence electrons. The molecule has 1 aliphatic heterocycles. The number of carbonyl (C=O) groups excluding carboxylic acids is 1. The van der Waals surface area contributed by atoms with E-state index in [4.69, 9.17) is 0 Å². The standard InChI is InChI=1S/C17H22N6O2/c24-16(14-9-18-17(25)22-14)21-11-5-7-23(8-6-11)15-12-3-1-2-4-13(12)19-10-20-15/h9-11H,1-8H2,(H,21,24)(H2,18,22,25). The van der Waals surface area contributed by atoms with E-state index in [0.29, 0.717) is 0 Å². The smallest absolute Gasteiger partial charge is 0.323 e. The number of aromatic nitrogens is 4. The van der Waals surface area contributed by atoms with E-state index in [-0.39, 0.29) is 23.3 Å². The van der Waals surface area contributed by atoms with Crippen LogP contribution >= 0.6 is 0 Å². The molecular weight excluding hydrogens is 320 g/mol. The highest BCUT2D eigenvalue weighted by molar-refractivity contribution is 5.92. The van der Waals surface area contributed by atoms with Crippen molar-refractivity contribution in [1.82, 2.24) is 25.3 Å². The maximum atomic E-state index is 12.1. The molecule has 2 aromatic heterocycles. The molecule has 8 nitrogen and oxygen atoms in total. The molecule has 1 aliphatic carbocycles. The Morgan fingerprint density at radius 3 is 2.76 bits per heavy atom. The summed E-state index contributed by atoms with van der Waals surface area (Å²) in [7, 11) is 0. The summed E-state index contributed by atoms with van der Waals surface area (Å²) in [6.07, 6.45) is 9.32. The van der Waals surface area contributed by atoms with Crippen molar-refractivity contribution in [3.8, 4) is 0 Å². The van der Waals surface area contributed by atoms with Gasteiger partial charge in [0.15, 0.2) is 0 Å². The molecule has 0 atom stereocenters. The molecule has 0 saturated carbocycles. The molecule has 1 fully saturated rings. The van der Waals surface area contributed by atoms with Crippen LogP contribution in [0.1, 0.15) is 47.4 Å². The third kappa shape index (κ3) is 3.29. The number of fused-ring (bicyclic) bond motifs is 1. The van der Waals surface area contributed by atoms with Gasteiger partial charge in [-0.2, -0.15) is 0 Å². The van der Waals surface area contributed by atoms with Crippen LogP contribution < -0.4 is 15.9 Å². The Balaban J connectivity index is 1.39. The van der Waals surface area contributed by atoms with Gasteiger partial charge in [-0.15, -0.1) is 0 Å². The number of H-pyrrole nitrogens is 2. The molecule has 0 aromatic carbocycles. The van der Waals surface area contributed by atoms with E-state index in [1.807, 2.05) is 0 Å². The number of nitrogens with one attached hydrogen (secondary N) is 3. The molecule has 0 unspecified atom stereocenters. The predicted octanol–water partition coefficient (Wildman–Crippen LogP) is 0.771. The van der Waals surface area contributed by atoms with Crippen molar-refractivity contribution in [1.29, 1.82) is 0 Å². The number of hydrogen-bond donors (Lipinski definition) is 3. The quantitative estimate of drug-likeness (QED) is 0.764. The second-order valence-electron chi connectivity index (χ2n) is 6.72. The highest BCUT2D eigenvalue weighted by atomic mass is 16.2. The maximum Gasteiger partial charge on any atom is 0.323 e. The second-order valence-corrected chi connectivity index (χ2v) is 6.72. The van der Waals surface area contributed by atoms with Crippen LogP contribution in [0.15, 0.2) is 17.3 Å². The first-order valence-electron chi connectivity index (χ1n) is 8.87. The van der Waals surface area contributed by atoms with Gasteiger partial charge in [0.2, 0.25) is 0 Å². The fourth-order valence-electron chi connectivity index (χ4n) is 3.73. The second kappa shape index (κ2) is 6.70. The lowest BCUT2D eigenvalue weighted by Crippen LogP contribution is -2.45. The monoisotopic (exact) mass is 342 g/mol. The van der Waals surface area contributed by atoms with Gasteiger partial charge in [-0.05, 0) is 38.5 Å². The van der Waals surface area contributed by atoms with E-state index >= 15 is 0 Å². The number of hydrogen-bond acceptors (Lipinski definition) is 5. The van der Waals surface area contributed by atoms with Crippen molar-refractivity contribution in [2.75, 3.05) is 18.0 Å². The van der Waals surface area contributed by atoms with Crippen molar-refractivity contribution in [2.24, 2.45) is 0 Å². The van der Waals surface area contributed by atoms with Crippen molar-refractivity contribution in [3.63, 3.8) is 0 Å². The van der Waals surface area contributed by atoms with E-state index in [2.05, 4.69) is 30.2 Å². The number of anilines is 1. The Hall–Kier alpha value is -2.64. The van der Waals surface area contributed by atoms with E-state index in [1.54, 1.807) is 6.33 Å². The van der Waals surface area contributed by atoms with Gasteiger partial charge in [0, 0.05) is 36.6 Å². The van der Waals surface area contributed by atoms with Crippen LogP contribution in [-0.4, -0.2) is 45.0 Å². The lowest BCUT2D eigenvalue weighted by Gasteiger charge is -2.34. The summed E-state index contributed by atoms with van der Waals surface area (Å²) in [4.78, 5) is 39.4. The zero-order valence-corrected chi connectivity index (χ0v) is 14.0. The summed E-state index contributed by atoms with van der Waals surface area (Å²) >= 11 is 0. The topological polar surface area (TPSA) is 107 Å². The molecule has 2 aromatic rings. The molecule has 8 heteroatoms. The van der Waals surface area contributed by atoms with Gasteiger partial charge in [0.25, 0.3) is 5.91 Å². The van der Waals surface area contributed by atoms with Crippen LogP contribution in [0, 0.1) is 0 Å². The molecule has 2 aliphatic rings. The molecule has 0 spiro atoms. The number of nitrogens with zero attached hydrogens (tertiary/aromatic N) is 3. The third-order valence-corrected chi connectivity index (χ3v) is 5.07. The van der Waals surface area contributed by atoms with E-state index in [9.17, 15) is 9.59 Å². The summed E-state index contributed by atoms with van der Waals surface area (Å²) in [6.45, 7) is 1.72. The first-order valence-corrected chi connectivity index (χ1v) is 8.87. The van der Waals surface area contributed by atoms with Gasteiger partial charge in [-0.25, -0.2) is 14.8 Å². The number of imidazole rings is 1. The average Bonchev–Trinajstić information content (AvgIpc) is 3.08. The minimum Gasteiger partial charge on any atom is -0.356 e. The SMILES string of the molecule is O=C(NC1CCN(c2ncnc3c2CCCC3)CC1)c1c[nH]c(=O)[nH]1. The number of aromatic amines is 2. The molecular formula is C17H22N6O2. The summed E-state index contributed by atoms with van der Waals surface area (Å²) < 4.78 is 0. The van der Waals surface area contributed by atoms with Crippen molar-refractivity contribution >= 4 is 11.7 Å². The summed E-state index contributed by atoms with van der Waals surface area (Å²) in [5.74, 6) is 0.834. The summed E-state index contributed by atoms with van der Waals surface area (Å²) in [6, 6.07) is 0.111. The Morgan fingerprint density at radius 1 is 1.20 bits per heavy atom. The normalized spacial score (nSPS) is 18.0. The fourth-order valence-corrected chi connectivity index (χ4v) is 3.73. The third-order valence-electron chi connectivity index (χ3n) is 5.07. The summed E-state index contributed by atoms with van der Waals surface area (Å²) in [5.41, 5.74) is 2.41.